The van der Waals surface area contributed by atoms with Gasteiger partial charge in [-0.25, -0.2) is 0 Å². The van der Waals surface area contributed by atoms with Gasteiger partial charge in [0.15, 0.2) is 0 Å². The van der Waals surface area contributed by atoms with Crippen molar-refractivity contribution < 1.29 is 9.59 Å². The number of piperazine rings is 1. The van der Waals surface area contributed by atoms with E-state index in [0.29, 0.717) is 26.1 Å². The van der Waals surface area contributed by atoms with Gasteiger partial charge in [0.25, 0.3) is 0 Å². The second-order valence-electron chi connectivity index (χ2n) is 3.60. The van der Waals surface area contributed by atoms with E-state index in [0.717, 1.165) is 6.54 Å². The summed E-state index contributed by atoms with van der Waals surface area (Å²) >= 11 is 0. The van der Waals surface area contributed by atoms with Gasteiger partial charge < -0.3 is 15.1 Å². The molecule has 1 fully saturated rings. The molecule has 0 aromatic rings. The molecule has 0 unspecified atom stereocenters. The molecule has 5 nitrogen and oxygen atoms in total. The highest BCUT2D eigenvalue weighted by Gasteiger charge is 2.18. The van der Waals surface area contributed by atoms with Crippen LogP contribution in [0.5, 0.6) is 0 Å². The van der Waals surface area contributed by atoms with Crippen LogP contribution in [-0.2, 0) is 9.59 Å². The zero-order valence-corrected chi connectivity index (χ0v) is 8.75. The van der Waals surface area contributed by atoms with Crippen LogP contribution in [0.1, 0.15) is 6.42 Å². The fourth-order valence-electron chi connectivity index (χ4n) is 1.34. The van der Waals surface area contributed by atoms with Crippen LogP contribution in [0.3, 0.4) is 0 Å². The SMILES string of the molecule is CN(C)C(=O)CCN1CCNCC1=O. The standard InChI is InChI=1S/C9H17N3O2/c1-11(2)8(13)3-5-12-6-4-10-7-9(12)14/h10H,3-7H2,1-2H3. The summed E-state index contributed by atoms with van der Waals surface area (Å²) in [4.78, 5) is 25.9. The Morgan fingerprint density at radius 1 is 1.57 bits per heavy atom. The van der Waals surface area contributed by atoms with E-state index in [9.17, 15) is 9.59 Å². The average molecular weight is 199 g/mol. The minimum atomic E-state index is 0.0660. The first-order chi connectivity index (χ1) is 6.61. The molecule has 0 saturated carbocycles. The summed E-state index contributed by atoms with van der Waals surface area (Å²) in [5, 5.41) is 2.99. The second kappa shape index (κ2) is 4.95. The molecule has 0 aromatic carbocycles. The van der Waals surface area contributed by atoms with Crippen molar-refractivity contribution in [2.75, 3.05) is 40.3 Å². The molecule has 80 valence electrons. The lowest BCUT2D eigenvalue weighted by Crippen LogP contribution is -2.48. The van der Waals surface area contributed by atoms with Crippen LogP contribution < -0.4 is 5.32 Å². The first-order valence-electron chi connectivity index (χ1n) is 4.80. The third-order valence-electron chi connectivity index (χ3n) is 2.28. The molecule has 14 heavy (non-hydrogen) atoms. The summed E-state index contributed by atoms with van der Waals surface area (Å²) in [6.07, 6.45) is 0.415. The molecule has 5 heteroatoms. The summed E-state index contributed by atoms with van der Waals surface area (Å²) in [6, 6.07) is 0. The minimum absolute atomic E-state index is 0.0660. The Morgan fingerprint density at radius 2 is 2.29 bits per heavy atom. The molecule has 0 atom stereocenters. The number of hydrogen-bond acceptors (Lipinski definition) is 3. The Bertz CT molecular complexity index is 228. The van der Waals surface area contributed by atoms with E-state index in [1.54, 1.807) is 23.9 Å². The lowest BCUT2D eigenvalue weighted by atomic mass is 10.3. The van der Waals surface area contributed by atoms with Crippen molar-refractivity contribution in [2.45, 2.75) is 6.42 Å². The normalized spacial score (nSPS) is 17.0. The predicted molar refractivity (Wildman–Crippen MR) is 52.8 cm³/mol. The van der Waals surface area contributed by atoms with Crippen LogP contribution >= 0.6 is 0 Å². The van der Waals surface area contributed by atoms with E-state index >= 15 is 0 Å². The van der Waals surface area contributed by atoms with E-state index < -0.39 is 0 Å². The van der Waals surface area contributed by atoms with Gasteiger partial charge in [-0.15, -0.1) is 0 Å². The predicted octanol–water partition coefficient (Wildman–Crippen LogP) is -1.10. The van der Waals surface area contributed by atoms with Crippen molar-refractivity contribution in [3.05, 3.63) is 0 Å². The van der Waals surface area contributed by atoms with Crippen molar-refractivity contribution in [2.24, 2.45) is 0 Å². The zero-order valence-electron chi connectivity index (χ0n) is 8.75. The van der Waals surface area contributed by atoms with Crippen LogP contribution in [0.15, 0.2) is 0 Å². The monoisotopic (exact) mass is 199 g/mol. The Labute approximate surface area is 84.0 Å². The number of amides is 2. The summed E-state index contributed by atoms with van der Waals surface area (Å²) in [5.41, 5.74) is 0. The summed E-state index contributed by atoms with van der Waals surface area (Å²) < 4.78 is 0. The van der Waals surface area contributed by atoms with Gasteiger partial charge in [-0.05, 0) is 0 Å². The number of nitrogens with zero attached hydrogens (tertiary/aromatic N) is 2. The van der Waals surface area contributed by atoms with Crippen molar-refractivity contribution in [3.8, 4) is 0 Å². The molecular weight excluding hydrogens is 182 g/mol. The molecule has 0 spiro atoms. The molecule has 1 aliphatic heterocycles. The van der Waals surface area contributed by atoms with Gasteiger partial charge in [0.05, 0.1) is 6.54 Å². The molecule has 1 aliphatic rings. The first-order valence-corrected chi connectivity index (χ1v) is 4.80. The number of nitrogens with one attached hydrogen (secondary N) is 1. The maximum Gasteiger partial charge on any atom is 0.236 e. The van der Waals surface area contributed by atoms with Gasteiger partial charge >= 0.3 is 0 Å². The van der Waals surface area contributed by atoms with E-state index in [1.807, 2.05) is 0 Å². The smallest absolute Gasteiger partial charge is 0.236 e. The second-order valence-corrected chi connectivity index (χ2v) is 3.60. The molecule has 1 heterocycles. The molecule has 1 rings (SSSR count). The quantitative estimate of drug-likeness (QED) is 0.627. The van der Waals surface area contributed by atoms with Gasteiger partial charge in [-0.3, -0.25) is 9.59 Å². The molecule has 0 aromatic heterocycles. The Hall–Kier alpha value is -1.10. The van der Waals surface area contributed by atoms with Crippen molar-refractivity contribution >= 4 is 11.8 Å². The Morgan fingerprint density at radius 3 is 2.86 bits per heavy atom. The molecule has 0 radical (unpaired) electrons. The van der Waals surface area contributed by atoms with Gasteiger partial charge in [0.2, 0.25) is 11.8 Å². The molecule has 1 saturated heterocycles. The van der Waals surface area contributed by atoms with Crippen LogP contribution in [-0.4, -0.2) is 61.9 Å². The summed E-state index contributed by atoms with van der Waals surface area (Å²) in [5.74, 6) is 0.152. The van der Waals surface area contributed by atoms with E-state index in [-0.39, 0.29) is 11.8 Å². The number of rotatable bonds is 3. The van der Waals surface area contributed by atoms with Crippen molar-refractivity contribution in [1.82, 2.24) is 15.1 Å². The highest BCUT2D eigenvalue weighted by Crippen LogP contribution is 1.97. The first kappa shape index (κ1) is 11.0. The molecule has 0 bridgehead atoms. The fourth-order valence-corrected chi connectivity index (χ4v) is 1.34. The molecule has 2 amide bonds. The van der Waals surface area contributed by atoms with Gasteiger partial charge in [0.1, 0.15) is 0 Å². The molecule has 0 aliphatic carbocycles. The zero-order chi connectivity index (χ0) is 10.6. The molecule has 1 N–H and O–H groups in total. The van der Waals surface area contributed by atoms with Gasteiger partial charge in [-0.1, -0.05) is 0 Å². The highest BCUT2D eigenvalue weighted by atomic mass is 16.2. The summed E-state index contributed by atoms with van der Waals surface area (Å²) in [7, 11) is 3.45. The Balaban J connectivity index is 2.29. The van der Waals surface area contributed by atoms with Gasteiger partial charge in [-0.2, -0.15) is 0 Å². The fraction of sp³-hybridized carbons (Fsp3) is 0.778. The number of carbonyl (C=O) groups excluding carboxylic acids is 2. The lowest BCUT2D eigenvalue weighted by Gasteiger charge is -2.27. The van der Waals surface area contributed by atoms with Crippen LogP contribution in [0.4, 0.5) is 0 Å². The summed E-state index contributed by atoms with van der Waals surface area (Å²) in [6.45, 7) is 2.47. The third kappa shape index (κ3) is 2.99. The topological polar surface area (TPSA) is 52.7 Å². The third-order valence-corrected chi connectivity index (χ3v) is 2.28. The van der Waals surface area contributed by atoms with Crippen molar-refractivity contribution in [1.29, 1.82) is 0 Å². The van der Waals surface area contributed by atoms with E-state index in [1.165, 1.54) is 0 Å². The maximum absolute atomic E-state index is 11.3. The van der Waals surface area contributed by atoms with E-state index in [4.69, 9.17) is 0 Å². The lowest BCUT2D eigenvalue weighted by molar-refractivity contribution is -0.133. The van der Waals surface area contributed by atoms with Crippen LogP contribution in [0.25, 0.3) is 0 Å². The van der Waals surface area contributed by atoms with Crippen LogP contribution in [0.2, 0.25) is 0 Å². The van der Waals surface area contributed by atoms with E-state index in [2.05, 4.69) is 5.32 Å². The molecular formula is C9H17N3O2. The van der Waals surface area contributed by atoms with Crippen LogP contribution in [0, 0.1) is 0 Å². The number of carbonyl (C=O) groups is 2. The maximum atomic E-state index is 11.3. The minimum Gasteiger partial charge on any atom is -0.349 e. The highest BCUT2D eigenvalue weighted by molar-refractivity contribution is 5.80. The van der Waals surface area contributed by atoms with Gasteiger partial charge in [0, 0.05) is 40.2 Å². The average Bonchev–Trinajstić information content (AvgIpc) is 2.16. The number of hydrogen-bond donors (Lipinski definition) is 1. The Kier molecular flexibility index (Phi) is 3.88. The van der Waals surface area contributed by atoms with Crippen molar-refractivity contribution in [3.63, 3.8) is 0 Å². The largest absolute Gasteiger partial charge is 0.349 e.